The minimum Gasteiger partial charge on any atom is -0.467 e. The maximum atomic E-state index is 12.2. The number of aromatic nitrogens is 4. The van der Waals surface area contributed by atoms with Gasteiger partial charge in [0.15, 0.2) is 39.8 Å². The van der Waals surface area contributed by atoms with Crippen molar-refractivity contribution in [1.82, 2.24) is 19.5 Å². The highest BCUT2D eigenvalue weighted by molar-refractivity contribution is 14.1. The number of hydrogen-bond donors (Lipinski definition) is 1. The highest BCUT2D eigenvalue weighted by Gasteiger charge is 2.54. The number of rotatable bonds is 4. The van der Waals surface area contributed by atoms with Crippen LogP contribution in [0, 0.1) is 3.83 Å². The van der Waals surface area contributed by atoms with E-state index in [1.807, 2.05) is 22.6 Å². The standard InChI is InChI=1S/C15H16IN5O7/c1-5(22)26-8-9(27-6(2)23)13(28-10(8)14(24)25-3)21-4-18-7-11(17)19-15(16)20-12(7)21/h4,8-10,13H,1-3H3,(H2,17,19,20)/t8-,9+,10-,13+/m0/s1. The minimum atomic E-state index is -1.32. The number of carbonyl (C=O) groups excluding carboxylic acids is 3. The lowest BCUT2D eigenvalue weighted by Gasteiger charge is -2.23. The zero-order chi connectivity index (χ0) is 20.6. The van der Waals surface area contributed by atoms with E-state index in [1.165, 1.54) is 17.8 Å². The second-order valence-electron chi connectivity index (χ2n) is 5.82. The Balaban J connectivity index is 2.11. The van der Waals surface area contributed by atoms with Gasteiger partial charge in [0.1, 0.15) is 5.52 Å². The van der Waals surface area contributed by atoms with Crippen molar-refractivity contribution in [3.8, 4) is 0 Å². The van der Waals surface area contributed by atoms with E-state index in [0.717, 1.165) is 14.0 Å². The van der Waals surface area contributed by atoms with Crippen LogP contribution in [-0.4, -0.2) is 62.8 Å². The van der Waals surface area contributed by atoms with Crippen molar-refractivity contribution in [3.05, 3.63) is 10.2 Å². The molecule has 1 aliphatic rings. The van der Waals surface area contributed by atoms with Crippen molar-refractivity contribution >= 4 is 57.5 Å². The van der Waals surface area contributed by atoms with E-state index in [9.17, 15) is 14.4 Å². The van der Waals surface area contributed by atoms with Crippen LogP contribution in [0.1, 0.15) is 20.1 Å². The van der Waals surface area contributed by atoms with E-state index in [0.29, 0.717) is 15.0 Å². The van der Waals surface area contributed by atoms with Crippen LogP contribution in [0.15, 0.2) is 6.33 Å². The summed E-state index contributed by atoms with van der Waals surface area (Å²) in [7, 11) is 1.16. The Morgan fingerprint density at radius 1 is 1.18 bits per heavy atom. The number of esters is 3. The van der Waals surface area contributed by atoms with Crippen LogP contribution < -0.4 is 5.73 Å². The lowest BCUT2D eigenvalue weighted by Crippen LogP contribution is -2.42. The normalized spacial score (nSPS) is 24.1. The molecule has 0 amide bonds. The zero-order valence-electron chi connectivity index (χ0n) is 15.0. The molecule has 2 aromatic heterocycles. The van der Waals surface area contributed by atoms with Crippen molar-refractivity contribution in [2.24, 2.45) is 0 Å². The third kappa shape index (κ3) is 3.71. The fraction of sp³-hybridized carbons (Fsp3) is 0.467. The Morgan fingerprint density at radius 3 is 2.43 bits per heavy atom. The zero-order valence-corrected chi connectivity index (χ0v) is 17.1. The first-order chi connectivity index (χ1) is 13.2. The molecule has 1 saturated heterocycles. The molecule has 0 bridgehead atoms. The average molecular weight is 505 g/mol. The molecule has 12 nitrogen and oxygen atoms in total. The number of ether oxygens (including phenoxy) is 4. The first-order valence-corrected chi connectivity index (χ1v) is 9.04. The molecule has 13 heteroatoms. The molecule has 0 aliphatic carbocycles. The summed E-state index contributed by atoms with van der Waals surface area (Å²) in [5, 5.41) is 0. The van der Waals surface area contributed by atoms with Gasteiger partial charge in [0.2, 0.25) is 0 Å². The van der Waals surface area contributed by atoms with E-state index in [-0.39, 0.29) is 5.82 Å². The van der Waals surface area contributed by atoms with E-state index in [1.54, 1.807) is 0 Å². The minimum absolute atomic E-state index is 0.149. The monoisotopic (exact) mass is 505 g/mol. The predicted molar refractivity (Wildman–Crippen MR) is 99.5 cm³/mol. The van der Waals surface area contributed by atoms with Crippen LogP contribution >= 0.6 is 22.6 Å². The molecule has 0 aromatic carbocycles. The van der Waals surface area contributed by atoms with Crippen LogP contribution in [0.3, 0.4) is 0 Å². The molecule has 2 N–H and O–H groups in total. The molecule has 0 radical (unpaired) electrons. The first kappa shape index (κ1) is 20.2. The van der Waals surface area contributed by atoms with Gasteiger partial charge in [-0.15, -0.1) is 0 Å². The molecule has 150 valence electrons. The van der Waals surface area contributed by atoms with Crippen LogP contribution in [0.2, 0.25) is 0 Å². The van der Waals surface area contributed by atoms with Crippen molar-refractivity contribution in [2.75, 3.05) is 12.8 Å². The fourth-order valence-electron chi connectivity index (χ4n) is 2.90. The van der Waals surface area contributed by atoms with Crippen LogP contribution in [0.4, 0.5) is 5.82 Å². The number of hydrogen-bond acceptors (Lipinski definition) is 11. The van der Waals surface area contributed by atoms with Crippen LogP contribution in [0.5, 0.6) is 0 Å². The molecular weight excluding hydrogens is 489 g/mol. The summed E-state index contributed by atoms with van der Waals surface area (Å²) >= 11 is 1.88. The number of anilines is 1. The van der Waals surface area contributed by atoms with Crippen LogP contribution in [0.25, 0.3) is 11.2 Å². The molecule has 28 heavy (non-hydrogen) atoms. The van der Waals surface area contributed by atoms with Gasteiger partial charge < -0.3 is 24.7 Å². The summed E-state index contributed by atoms with van der Waals surface area (Å²) in [6, 6.07) is 0. The third-order valence-electron chi connectivity index (χ3n) is 3.92. The first-order valence-electron chi connectivity index (χ1n) is 7.96. The van der Waals surface area contributed by atoms with Gasteiger partial charge >= 0.3 is 17.9 Å². The molecule has 0 spiro atoms. The molecule has 2 aromatic rings. The number of fused-ring (bicyclic) bond motifs is 1. The smallest absolute Gasteiger partial charge is 0.339 e. The van der Waals surface area contributed by atoms with Gasteiger partial charge in [0.25, 0.3) is 0 Å². The molecule has 0 saturated carbocycles. The molecule has 1 fully saturated rings. The number of carbonyl (C=O) groups is 3. The number of nitrogens with zero attached hydrogens (tertiary/aromatic N) is 4. The second-order valence-corrected chi connectivity index (χ2v) is 6.79. The molecule has 4 atom stereocenters. The van der Waals surface area contributed by atoms with Gasteiger partial charge in [-0.2, -0.15) is 0 Å². The second kappa shape index (κ2) is 7.83. The highest BCUT2D eigenvalue weighted by atomic mass is 127. The predicted octanol–water partition coefficient (Wildman–Crippen LogP) is -0.0531. The van der Waals surface area contributed by atoms with Gasteiger partial charge in [-0.3, -0.25) is 14.2 Å². The van der Waals surface area contributed by atoms with E-state index >= 15 is 0 Å². The van der Waals surface area contributed by atoms with E-state index in [2.05, 4.69) is 15.0 Å². The van der Waals surface area contributed by atoms with Gasteiger partial charge in [-0.05, 0) is 0 Å². The quantitative estimate of drug-likeness (QED) is 0.257. The third-order valence-corrected chi connectivity index (χ3v) is 4.40. The molecule has 0 unspecified atom stereocenters. The van der Waals surface area contributed by atoms with Gasteiger partial charge in [0.05, 0.1) is 13.4 Å². The summed E-state index contributed by atoms with van der Waals surface area (Å²) in [6.07, 6.45) is -3.42. The molecule has 1 aliphatic heterocycles. The van der Waals surface area contributed by atoms with Crippen molar-refractivity contribution in [3.63, 3.8) is 0 Å². The topological polar surface area (TPSA) is 158 Å². The van der Waals surface area contributed by atoms with Crippen LogP contribution in [-0.2, 0) is 33.3 Å². The lowest BCUT2D eigenvalue weighted by molar-refractivity contribution is -0.169. The maximum absolute atomic E-state index is 12.2. The maximum Gasteiger partial charge on any atom is 0.339 e. The number of nitrogens with two attached hydrogens (primary N) is 1. The highest BCUT2D eigenvalue weighted by Crippen LogP contribution is 2.36. The Kier molecular flexibility index (Phi) is 5.64. The molecule has 3 heterocycles. The summed E-state index contributed by atoms with van der Waals surface area (Å²) < 4.78 is 22.8. The van der Waals surface area contributed by atoms with E-state index in [4.69, 9.17) is 24.7 Å². The van der Waals surface area contributed by atoms with E-state index < -0.39 is 42.4 Å². The number of methoxy groups -OCH3 is 1. The molecule has 3 rings (SSSR count). The Bertz CT molecular complexity index is 948. The molecular formula is C15H16IN5O7. The number of nitrogen functional groups attached to an aromatic ring is 1. The van der Waals surface area contributed by atoms with Crippen molar-refractivity contribution < 1.29 is 33.3 Å². The Labute approximate surface area is 171 Å². The fourth-order valence-corrected chi connectivity index (χ4v) is 3.39. The summed E-state index contributed by atoms with van der Waals surface area (Å²) in [5.74, 6) is -1.98. The number of imidazole rings is 1. The SMILES string of the molecule is COC(=O)[C@H]1O[C@@H](n2cnc3c(N)nc(I)nc32)[C@H](OC(C)=O)[C@@H]1OC(C)=O. The summed E-state index contributed by atoms with van der Waals surface area (Å²) in [5.41, 5.74) is 6.47. The Morgan fingerprint density at radius 2 is 1.82 bits per heavy atom. The van der Waals surface area contributed by atoms with Crippen molar-refractivity contribution in [1.29, 1.82) is 0 Å². The summed E-state index contributed by atoms with van der Waals surface area (Å²) in [4.78, 5) is 47.9. The van der Waals surface area contributed by atoms with Gasteiger partial charge in [-0.1, -0.05) is 0 Å². The lowest BCUT2D eigenvalue weighted by atomic mass is 10.1. The number of halogens is 1. The average Bonchev–Trinajstić information content (AvgIpc) is 3.16. The largest absolute Gasteiger partial charge is 0.467 e. The van der Waals surface area contributed by atoms with Gasteiger partial charge in [-0.25, -0.2) is 19.7 Å². The van der Waals surface area contributed by atoms with Crippen molar-refractivity contribution in [2.45, 2.75) is 38.4 Å². The summed E-state index contributed by atoms with van der Waals surface area (Å²) in [6.45, 7) is 2.35. The Hall–Kier alpha value is -2.55. The van der Waals surface area contributed by atoms with Gasteiger partial charge in [0, 0.05) is 36.4 Å².